The zero-order valence-corrected chi connectivity index (χ0v) is 10.6. The number of allylic oxidation sites excluding steroid dienone is 1. The number of thioether (sulfide) groups is 1. The van der Waals surface area contributed by atoms with Gasteiger partial charge < -0.3 is 5.73 Å². The predicted molar refractivity (Wildman–Crippen MR) is 69.6 cm³/mol. The summed E-state index contributed by atoms with van der Waals surface area (Å²) in [7, 11) is 0. The Bertz CT molecular complexity index is 328. The van der Waals surface area contributed by atoms with E-state index in [0.29, 0.717) is 0 Å². The van der Waals surface area contributed by atoms with Crippen LogP contribution in [0, 0.1) is 0 Å². The van der Waals surface area contributed by atoms with Gasteiger partial charge in [0.2, 0.25) is 0 Å². The number of hydrogen-bond acceptors (Lipinski definition) is 2. The van der Waals surface area contributed by atoms with Crippen molar-refractivity contribution in [1.82, 2.24) is 0 Å². The minimum absolute atomic E-state index is 0.121. The molecule has 0 fully saturated rings. The molecule has 1 rings (SSSR count). The van der Waals surface area contributed by atoms with Gasteiger partial charge in [0, 0.05) is 21.7 Å². The Hall–Kier alpha value is -0.440. The van der Waals surface area contributed by atoms with Crippen molar-refractivity contribution in [3.05, 3.63) is 40.9 Å². The fraction of sp³-hybridized carbons (Fsp3) is 0.333. The van der Waals surface area contributed by atoms with Crippen molar-refractivity contribution in [1.29, 1.82) is 0 Å². The maximum absolute atomic E-state index is 5.93. The van der Waals surface area contributed by atoms with Crippen LogP contribution in [0.1, 0.15) is 13.8 Å². The Kier molecular flexibility index (Phi) is 5.23. The highest BCUT2D eigenvalue weighted by molar-refractivity contribution is 7.99. The summed E-state index contributed by atoms with van der Waals surface area (Å²) in [5.74, 6) is 0.896. The van der Waals surface area contributed by atoms with Crippen LogP contribution in [-0.2, 0) is 0 Å². The lowest BCUT2D eigenvalue weighted by atomic mass is 10.2. The van der Waals surface area contributed by atoms with E-state index in [4.69, 9.17) is 17.3 Å². The van der Waals surface area contributed by atoms with E-state index in [-0.39, 0.29) is 6.04 Å². The highest BCUT2D eigenvalue weighted by Gasteiger charge is 2.00. The molecule has 1 unspecified atom stereocenters. The van der Waals surface area contributed by atoms with E-state index >= 15 is 0 Å². The zero-order valence-electron chi connectivity index (χ0n) is 9.03. The third-order valence-electron chi connectivity index (χ3n) is 1.80. The highest BCUT2D eigenvalue weighted by atomic mass is 35.5. The lowest BCUT2D eigenvalue weighted by Crippen LogP contribution is -2.19. The predicted octanol–water partition coefficient (Wildman–Crippen LogP) is 3.73. The van der Waals surface area contributed by atoms with Gasteiger partial charge in [-0.2, -0.15) is 0 Å². The van der Waals surface area contributed by atoms with Gasteiger partial charge in [-0.25, -0.2) is 0 Å². The summed E-state index contributed by atoms with van der Waals surface area (Å²) in [6.45, 7) is 4.12. The molecule has 0 aliphatic heterocycles. The van der Waals surface area contributed by atoms with Gasteiger partial charge >= 0.3 is 0 Å². The van der Waals surface area contributed by atoms with E-state index in [1.165, 1.54) is 10.5 Å². The van der Waals surface area contributed by atoms with Gasteiger partial charge in [0.05, 0.1) is 0 Å². The van der Waals surface area contributed by atoms with Crippen LogP contribution < -0.4 is 5.73 Å². The van der Waals surface area contributed by atoms with Crippen molar-refractivity contribution in [2.24, 2.45) is 5.73 Å². The van der Waals surface area contributed by atoms with Crippen LogP contribution in [0.2, 0.25) is 5.02 Å². The smallest absolute Gasteiger partial charge is 0.0406 e. The highest BCUT2D eigenvalue weighted by Crippen LogP contribution is 2.20. The first-order valence-corrected chi connectivity index (χ1v) is 6.23. The van der Waals surface area contributed by atoms with Crippen molar-refractivity contribution in [3.8, 4) is 0 Å². The topological polar surface area (TPSA) is 26.0 Å². The summed E-state index contributed by atoms with van der Waals surface area (Å²) in [4.78, 5) is 1.21. The van der Waals surface area contributed by atoms with E-state index in [0.717, 1.165) is 10.8 Å². The summed E-state index contributed by atoms with van der Waals surface area (Å²) >= 11 is 7.55. The van der Waals surface area contributed by atoms with E-state index in [9.17, 15) is 0 Å². The van der Waals surface area contributed by atoms with Crippen LogP contribution in [0.3, 0.4) is 0 Å². The minimum Gasteiger partial charge on any atom is -0.324 e. The number of benzene rings is 1. The molecule has 3 heteroatoms. The first-order valence-electron chi connectivity index (χ1n) is 4.87. The molecule has 0 bridgehead atoms. The maximum atomic E-state index is 5.93. The molecular weight excluding hydrogens is 226 g/mol. The van der Waals surface area contributed by atoms with Crippen molar-refractivity contribution in [2.75, 3.05) is 5.75 Å². The number of rotatable bonds is 4. The molecule has 0 amide bonds. The molecule has 0 aromatic heterocycles. The molecule has 1 nitrogen and oxygen atoms in total. The van der Waals surface area contributed by atoms with Gasteiger partial charge in [-0.1, -0.05) is 23.3 Å². The van der Waals surface area contributed by atoms with Crippen LogP contribution in [0.4, 0.5) is 0 Å². The molecule has 0 saturated carbocycles. The van der Waals surface area contributed by atoms with Crippen molar-refractivity contribution in [3.63, 3.8) is 0 Å². The maximum Gasteiger partial charge on any atom is 0.0406 e. The third-order valence-corrected chi connectivity index (χ3v) is 3.21. The molecular formula is C12H16ClNS. The molecule has 1 aromatic rings. The fourth-order valence-corrected chi connectivity index (χ4v) is 2.14. The summed E-state index contributed by atoms with van der Waals surface area (Å²) in [5.41, 5.74) is 7.19. The summed E-state index contributed by atoms with van der Waals surface area (Å²) in [6, 6.07) is 7.95. The van der Waals surface area contributed by atoms with E-state index in [1.807, 2.05) is 24.3 Å². The molecule has 0 saturated heterocycles. The quantitative estimate of drug-likeness (QED) is 0.642. The lowest BCUT2D eigenvalue weighted by molar-refractivity contribution is 0.927. The molecule has 15 heavy (non-hydrogen) atoms. The van der Waals surface area contributed by atoms with Gasteiger partial charge in [-0.15, -0.1) is 11.8 Å². The SMILES string of the molecule is CC(C)=CC(N)CSc1ccc(Cl)cc1. The standard InChI is InChI=1S/C12H16ClNS/c1-9(2)7-11(14)8-15-12-5-3-10(13)4-6-12/h3-7,11H,8,14H2,1-2H3. The molecule has 0 spiro atoms. The van der Waals surface area contributed by atoms with Crippen molar-refractivity contribution in [2.45, 2.75) is 24.8 Å². The van der Waals surface area contributed by atoms with E-state index < -0.39 is 0 Å². The van der Waals surface area contributed by atoms with Crippen LogP contribution in [0.5, 0.6) is 0 Å². The number of nitrogens with two attached hydrogens (primary N) is 1. The van der Waals surface area contributed by atoms with Gasteiger partial charge in [0.15, 0.2) is 0 Å². The van der Waals surface area contributed by atoms with Gasteiger partial charge in [0.1, 0.15) is 0 Å². The monoisotopic (exact) mass is 241 g/mol. The van der Waals surface area contributed by atoms with Gasteiger partial charge in [0.25, 0.3) is 0 Å². The second-order valence-electron chi connectivity index (χ2n) is 3.67. The fourth-order valence-electron chi connectivity index (χ4n) is 1.20. The average molecular weight is 242 g/mol. The van der Waals surface area contributed by atoms with Crippen LogP contribution in [0.25, 0.3) is 0 Å². The van der Waals surface area contributed by atoms with Crippen LogP contribution in [-0.4, -0.2) is 11.8 Å². The van der Waals surface area contributed by atoms with Gasteiger partial charge in [-0.05, 0) is 38.1 Å². The third kappa shape index (κ3) is 5.26. The van der Waals surface area contributed by atoms with Crippen LogP contribution in [0.15, 0.2) is 40.8 Å². The van der Waals surface area contributed by atoms with Crippen LogP contribution >= 0.6 is 23.4 Å². The number of halogens is 1. The first kappa shape index (κ1) is 12.6. The molecule has 0 heterocycles. The average Bonchev–Trinajstić information content (AvgIpc) is 2.16. The minimum atomic E-state index is 0.121. The second-order valence-corrected chi connectivity index (χ2v) is 5.20. The Labute approximate surface area is 101 Å². The Morgan fingerprint density at radius 3 is 2.53 bits per heavy atom. The largest absolute Gasteiger partial charge is 0.324 e. The van der Waals surface area contributed by atoms with Crippen molar-refractivity contribution >= 4 is 23.4 Å². The molecule has 2 N–H and O–H groups in total. The number of hydrogen-bond donors (Lipinski definition) is 1. The Morgan fingerprint density at radius 1 is 1.40 bits per heavy atom. The molecule has 0 aliphatic carbocycles. The summed E-state index contributed by atoms with van der Waals surface area (Å²) in [6.07, 6.45) is 2.09. The Balaban J connectivity index is 2.43. The molecule has 1 atom stereocenters. The molecule has 1 aromatic carbocycles. The lowest BCUT2D eigenvalue weighted by Gasteiger charge is -2.07. The summed E-state index contributed by atoms with van der Waals surface area (Å²) in [5, 5.41) is 0.771. The first-order chi connectivity index (χ1) is 7.08. The van der Waals surface area contributed by atoms with Gasteiger partial charge in [-0.3, -0.25) is 0 Å². The van der Waals surface area contributed by atoms with E-state index in [1.54, 1.807) is 11.8 Å². The normalized spacial score (nSPS) is 12.3. The summed E-state index contributed by atoms with van der Waals surface area (Å²) < 4.78 is 0. The molecule has 0 aliphatic rings. The molecule has 82 valence electrons. The molecule has 0 radical (unpaired) electrons. The van der Waals surface area contributed by atoms with Crippen molar-refractivity contribution < 1.29 is 0 Å². The van der Waals surface area contributed by atoms with E-state index in [2.05, 4.69) is 19.9 Å². The second kappa shape index (κ2) is 6.21. The Morgan fingerprint density at radius 2 is 2.00 bits per heavy atom. The zero-order chi connectivity index (χ0) is 11.3.